The van der Waals surface area contributed by atoms with Gasteiger partial charge < -0.3 is 0 Å². The molecule has 2 rings (SSSR count). The average molecular weight is 216 g/mol. The summed E-state index contributed by atoms with van der Waals surface area (Å²) in [6.07, 6.45) is 1.51. The van der Waals surface area contributed by atoms with Crippen molar-refractivity contribution in [3.05, 3.63) is 47.2 Å². The Morgan fingerprint density at radius 1 is 1.13 bits per heavy atom. The molecule has 3 nitrogen and oxygen atoms in total. The van der Waals surface area contributed by atoms with Gasteiger partial charge in [0.1, 0.15) is 11.2 Å². The first-order valence-electron chi connectivity index (χ1n) is 4.28. The SMILES string of the molecule is N#Cc1ccc(-c2cccc(Cl)n2)nc1. The Labute approximate surface area is 92.0 Å². The van der Waals surface area contributed by atoms with Gasteiger partial charge in [0.15, 0.2) is 0 Å². The normalized spacial score (nSPS) is 9.60. The molecular formula is C11H6ClN3. The highest BCUT2D eigenvalue weighted by molar-refractivity contribution is 6.29. The van der Waals surface area contributed by atoms with E-state index >= 15 is 0 Å². The summed E-state index contributed by atoms with van der Waals surface area (Å²) in [4.78, 5) is 8.24. The molecule has 72 valence electrons. The van der Waals surface area contributed by atoms with Crippen LogP contribution in [0.5, 0.6) is 0 Å². The molecule has 0 fully saturated rings. The molecule has 0 unspecified atom stereocenters. The lowest BCUT2D eigenvalue weighted by atomic mass is 10.2. The first-order valence-corrected chi connectivity index (χ1v) is 4.66. The summed E-state index contributed by atoms with van der Waals surface area (Å²) in [5.74, 6) is 0. The Morgan fingerprint density at radius 3 is 2.60 bits per heavy atom. The van der Waals surface area contributed by atoms with Crippen LogP contribution < -0.4 is 0 Å². The molecular weight excluding hydrogens is 210 g/mol. The van der Waals surface area contributed by atoms with Crippen LogP contribution in [-0.4, -0.2) is 9.97 Å². The maximum atomic E-state index is 8.62. The molecule has 0 atom stereocenters. The van der Waals surface area contributed by atoms with Crippen LogP contribution in [0.4, 0.5) is 0 Å². The predicted octanol–water partition coefficient (Wildman–Crippen LogP) is 2.67. The Balaban J connectivity index is 2.42. The summed E-state index contributed by atoms with van der Waals surface area (Å²) in [5.41, 5.74) is 1.93. The molecule has 0 N–H and O–H groups in total. The fraction of sp³-hybridized carbons (Fsp3) is 0. The zero-order chi connectivity index (χ0) is 10.7. The van der Waals surface area contributed by atoms with Crippen molar-refractivity contribution < 1.29 is 0 Å². The van der Waals surface area contributed by atoms with E-state index in [1.165, 1.54) is 6.20 Å². The second kappa shape index (κ2) is 4.07. The van der Waals surface area contributed by atoms with Gasteiger partial charge in [0, 0.05) is 6.20 Å². The first kappa shape index (κ1) is 9.63. The number of pyridine rings is 2. The molecule has 0 saturated carbocycles. The van der Waals surface area contributed by atoms with E-state index in [0.717, 1.165) is 0 Å². The van der Waals surface area contributed by atoms with Crippen LogP contribution in [0.25, 0.3) is 11.4 Å². The third-order valence-electron chi connectivity index (χ3n) is 1.87. The maximum Gasteiger partial charge on any atom is 0.129 e. The van der Waals surface area contributed by atoms with Crippen LogP contribution in [-0.2, 0) is 0 Å². The van der Waals surface area contributed by atoms with E-state index in [1.54, 1.807) is 18.2 Å². The summed E-state index contributed by atoms with van der Waals surface area (Å²) in [6.45, 7) is 0. The maximum absolute atomic E-state index is 8.62. The van der Waals surface area contributed by atoms with Crippen molar-refractivity contribution >= 4 is 11.6 Å². The van der Waals surface area contributed by atoms with Crippen LogP contribution in [0.2, 0.25) is 5.15 Å². The highest BCUT2D eigenvalue weighted by Crippen LogP contribution is 2.16. The molecule has 0 saturated heterocycles. The van der Waals surface area contributed by atoms with Crippen LogP contribution in [0.15, 0.2) is 36.5 Å². The van der Waals surface area contributed by atoms with Crippen molar-refractivity contribution in [2.75, 3.05) is 0 Å². The Bertz CT molecular complexity index is 514. The quantitative estimate of drug-likeness (QED) is 0.688. The van der Waals surface area contributed by atoms with Gasteiger partial charge in [-0.1, -0.05) is 17.7 Å². The molecule has 0 radical (unpaired) electrons. The van der Waals surface area contributed by atoms with Crippen LogP contribution in [0.3, 0.4) is 0 Å². The number of hydrogen-bond donors (Lipinski definition) is 0. The zero-order valence-corrected chi connectivity index (χ0v) is 8.44. The van der Waals surface area contributed by atoms with Crippen molar-refractivity contribution in [3.63, 3.8) is 0 Å². The fourth-order valence-corrected chi connectivity index (χ4v) is 1.33. The topological polar surface area (TPSA) is 49.6 Å². The Kier molecular flexibility index (Phi) is 2.61. The van der Waals surface area contributed by atoms with E-state index < -0.39 is 0 Å². The smallest absolute Gasteiger partial charge is 0.129 e. The van der Waals surface area contributed by atoms with Gasteiger partial charge >= 0.3 is 0 Å². The summed E-state index contributed by atoms with van der Waals surface area (Å²) < 4.78 is 0. The number of nitriles is 1. The molecule has 0 aliphatic rings. The number of halogens is 1. The highest BCUT2D eigenvalue weighted by atomic mass is 35.5. The largest absolute Gasteiger partial charge is 0.253 e. The summed E-state index contributed by atoms with van der Waals surface area (Å²) in [6, 6.07) is 10.8. The van der Waals surface area contributed by atoms with Gasteiger partial charge in [0.05, 0.1) is 17.0 Å². The number of hydrogen-bond acceptors (Lipinski definition) is 3. The fourth-order valence-electron chi connectivity index (χ4n) is 1.16. The van der Waals surface area contributed by atoms with Gasteiger partial charge in [-0.3, -0.25) is 4.98 Å². The number of rotatable bonds is 1. The molecule has 2 heterocycles. The predicted molar refractivity (Wildman–Crippen MR) is 57.2 cm³/mol. The minimum atomic E-state index is 0.429. The Morgan fingerprint density at radius 2 is 2.00 bits per heavy atom. The molecule has 0 aromatic carbocycles. The van der Waals surface area contributed by atoms with E-state index in [9.17, 15) is 0 Å². The van der Waals surface area contributed by atoms with Gasteiger partial charge in [-0.2, -0.15) is 5.26 Å². The summed E-state index contributed by atoms with van der Waals surface area (Å²) >= 11 is 5.76. The highest BCUT2D eigenvalue weighted by Gasteiger charge is 2.01. The molecule has 0 aliphatic heterocycles. The molecule has 0 spiro atoms. The van der Waals surface area contributed by atoms with E-state index in [1.807, 2.05) is 18.2 Å². The van der Waals surface area contributed by atoms with Crippen molar-refractivity contribution in [2.45, 2.75) is 0 Å². The van der Waals surface area contributed by atoms with Gasteiger partial charge in [-0.15, -0.1) is 0 Å². The van der Waals surface area contributed by atoms with E-state index in [2.05, 4.69) is 9.97 Å². The average Bonchev–Trinajstić information content (AvgIpc) is 2.29. The molecule has 0 bridgehead atoms. The molecule has 15 heavy (non-hydrogen) atoms. The first-order chi connectivity index (χ1) is 7.29. The van der Waals surface area contributed by atoms with E-state index in [0.29, 0.717) is 22.1 Å². The second-order valence-electron chi connectivity index (χ2n) is 2.89. The number of nitrogens with zero attached hydrogens (tertiary/aromatic N) is 3. The Hall–Kier alpha value is -1.92. The molecule has 0 amide bonds. The van der Waals surface area contributed by atoms with Gasteiger partial charge in [-0.05, 0) is 24.3 Å². The van der Waals surface area contributed by atoms with E-state index in [4.69, 9.17) is 16.9 Å². The number of aromatic nitrogens is 2. The molecule has 2 aromatic heterocycles. The van der Waals surface area contributed by atoms with Gasteiger partial charge in [0.25, 0.3) is 0 Å². The van der Waals surface area contributed by atoms with Crippen molar-refractivity contribution in [3.8, 4) is 17.5 Å². The summed E-state index contributed by atoms with van der Waals surface area (Å²) in [7, 11) is 0. The van der Waals surface area contributed by atoms with Crippen LogP contribution in [0, 0.1) is 11.3 Å². The standard InChI is InChI=1S/C11H6ClN3/c12-11-3-1-2-10(15-11)9-5-4-8(6-13)7-14-9/h1-5,7H. The van der Waals surface area contributed by atoms with Gasteiger partial charge in [0.2, 0.25) is 0 Å². The zero-order valence-electron chi connectivity index (χ0n) is 7.68. The third kappa shape index (κ3) is 2.12. The van der Waals surface area contributed by atoms with E-state index in [-0.39, 0.29) is 0 Å². The lowest BCUT2D eigenvalue weighted by molar-refractivity contribution is 1.24. The van der Waals surface area contributed by atoms with Crippen LogP contribution >= 0.6 is 11.6 Å². The minimum absolute atomic E-state index is 0.429. The molecule has 0 aliphatic carbocycles. The van der Waals surface area contributed by atoms with Crippen molar-refractivity contribution in [1.82, 2.24) is 9.97 Å². The monoisotopic (exact) mass is 215 g/mol. The van der Waals surface area contributed by atoms with Crippen molar-refractivity contribution in [2.24, 2.45) is 0 Å². The lowest BCUT2D eigenvalue weighted by Crippen LogP contribution is -1.87. The molecule has 4 heteroatoms. The molecule has 2 aromatic rings. The van der Waals surface area contributed by atoms with Gasteiger partial charge in [-0.25, -0.2) is 4.98 Å². The van der Waals surface area contributed by atoms with Crippen LogP contribution in [0.1, 0.15) is 5.56 Å². The van der Waals surface area contributed by atoms with Crippen molar-refractivity contribution in [1.29, 1.82) is 5.26 Å². The second-order valence-corrected chi connectivity index (χ2v) is 3.28. The lowest BCUT2D eigenvalue weighted by Gasteiger charge is -1.99. The minimum Gasteiger partial charge on any atom is -0.253 e. The summed E-state index contributed by atoms with van der Waals surface area (Å²) in [5, 5.41) is 9.05. The third-order valence-corrected chi connectivity index (χ3v) is 2.08.